The zero-order valence-corrected chi connectivity index (χ0v) is 17.8. The average molecular weight is 436 g/mol. The van der Waals surface area contributed by atoms with E-state index in [9.17, 15) is 14.4 Å². The highest BCUT2D eigenvalue weighted by atomic mass is 32.1. The zero-order chi connectivity index (χ0) is 21.8. The van der Waals surface area contributed by atoms with Crippen LogP contribution in [0.2, 0.25) is 0 Å². The van der Waals surface area contributed by atoms with Crippen molar-refractivity contribution in [2.24, 2.45) is 0 Å². The summed E-state index contributed by atoms with van der Waals surface area (Å²) in [7, 11) is 0. The molecule has 0 unspecified atom stereocenters. The van der Waals surface area contributed by atoms with Gasteiger partial charge in [0, 0.05) is 17.7 Å². The fourth-order valence-corrected chi connectivity index (χ4v) is 4.17. The van der Waals surface area contributed by atoms with E-state index in [-0.39, 0.29) is 18.4 Å². The Morgan fingerprint density at radius 1 is 1.16 bits per heavy atom. The topological polar surface area (TPSA) is 97.4 Å². The molecule has 7 nitrogen and oxygen atoms in total. The van der Waals surface area contributed by atoms with Gasteiger partial charge in [0.15, 0.2) is 5.13 Å². The van der Waals surface area contributed by atoms with Gasteiger partial charge in [-0.05, 0) is 49.1 Å². The normalized spacial score (nSPS) is 13.0. The number of nitrogens with one attached hydrogen (secondary N) is 2. The lowest BCUT2D eigenvalue weighted by Crippen LogP contribution is -2.13. The first-order chi connectivity index (χ1) is 15.0. The number of anilines is 2. The summed E-state index contributed by atoms with van der Waals surface area (Å²) in [5, 5.41) is 5.94. The molecule has 3 aromatic rings. The predicted molar refractivity (Wildman–Crippen MR) is 118 cm³/mol. The van der Waals surface area contributed by atoms with Gasteiger partial charge in [-0.1, -0.05) is 41.7 Å². The fraction of sp³-hybridized carbons (Fsp3) is 0.217. The number of ether oxygens (including phenoxy) is 1. The van der Waals surface area contributed by atoms with Crippen LogP contribution in [0, 0.1) is 6.92 Å². The number of aryl methyl sites for hydroxylation is 2. The van der Waals surface area contributed by atoms with Crippen LogP contribution in [0.25, 0.3) is 0 Å². The number of fused-ring (bicyclic) bond motifs is 1. The molecule has 1 aliphatic heterocycles. The van der Waals surface area contributed by atoms with E-state index in [1.54, 1.807) is 25.1 Å². The highest BCUT2D eigenvalue weighted by molar-refractivity contribution is 7.17. The van der Waals surface area contributed by atoms with Crippen molar-refractivity contribution in [1.29, 1.82) is 0 Å². The van der Waals surface area contributed by atoms with Crippen molar-refractivity contribution in [2.45, 2.75) is 32.8 Å². The second kappa shape index (κ2) is 9.09. The predicted octanol–water partition coefficient (Wildman–Crippen LogP) is 4.34. The number of carbonyl (C=O) groups excluding carboxylic acids is 3. The monoisotopic (exact) mass is 435 g/mol. The number of amides is 2. The van der Waals surface area contributed by atoms with Gasteiger partial charge in [0.2, 0.25) is 5.91 Å². The first kappa shape index (κ1) is 20.7. The number of carbonyl (C=O) groups is 3. The lowest BCUT2D eigenvalue weighted by Gasteiger charge is -2.09. The smallest absolute Gasteiger partial charge is 0.350 e. The van der Waals surface area contributed by atoms with Crippen molar-refractivity contribution in [3.63, 3.8) is 0 Å². The van der Waals surface area contributed by atoms with E-state index in [1.807, 2.05) is 30.3 Å². The largest absolute Gasteiger partial charge is 0.457 e. The second-order valence-electron chi connectivity index (χ2n) is 7.22. The third-order valence-corrected chi connectivity index (χ3v) is 5.96. The molecule has 0 saturated heterocycles. The van der Waals surface area contributed by atoms with E-state index in [4.69, 9.17) is 4.74 Å². The van der Waals surface area contributed by atoms with Crippen LogP contribution in [0.3, 0.4) is 0 Å². The number of benzene rings is 2. The van der Waals surface area contributed by atoms with Crippen molar-refractivity contribution in [3.8, 4) is 0 Å². The maximum absolute atomic E-state index is 12.7. The zero-order valence-electron chi connectivity index (χ0n) is 16.9. The molecule has 31 heavy (non-hydrogen) atoms. The van der Waals surface area contributed by atoms with Crippen LogP contribution in [0.5, 0.6) is 0 Å². The van der Waals surface area contributed by atoms with Crippen LogP contribution in [-0.2, 0) is 22.6 Å². The van der Waals surface area contributed by atoms with Crippen molar-refractivity contribution >= 4 is 39.9 Å². The Labute approximate surface area is 183 Å². The molecule has 158 valence electrons. The van der Waals surface area contributed by atoms with Gasteiger partial charge in [0.1, 0.15) is 11.5 Å². The molecule has 2 amide bonds. The quantitative estimate of drug-likeness (QED) is 0.581. The Kier molecular flexibility index (Phi) is 6.08. The Hall–Kier alpha value is -3.52. The molecule has 0 bridgehead atoms. The maximum Gasteiger partial charge on any atom is 0.350 e. The Morgan fingerprint density at radius 3 is 2.77 bits per heavy atom. The molecule has 0 saturated carbocycles. The summed E-state index contributed by atoms with van der Waals surface area (Å²) in [4.78, 5) is 41.5. The van der Waals surface area contributed by atoms with E-state index in [2.05, 4.69) is 15.6 Å². The molecule has 2 heterocycles. The number of thiazole rings is 1. The van der Waals surface area contributed by atoms with Gasteiger partial charge in [-0.15, -0.1) is 0 Å². The van der Waals surface area contributed by atoms with Crippen LogP contribution in [0.4, 0.5) is 10.8 Å². The SMILES string of the molecule is Cc1nc(NC(=O)c2ccc3c(c2)CCCC(=O)N3)sc1C(=O)OCc1ccccc1. The summed E-state index contributed by atoms with van der Waals surface area (Å²) >= 11 is 1.08. The van der Waals surface area contributed by atoms with Gasteiger partial charge in [0.25, 0.3) is 5.91 Å². The van der Waals surface area contributed by atoms with Crippen molar-refractivity contribution in [1.82, 2.24) is 4.98 Å². The van der Waals surface area contributed by atoms with Crippen LogP contribution >= 0.6 is 11.3 Å². The van der Waals surface area contributed by atoms with Crippen molar-refractivity contribution < 1.29 is 19.1 Å². The Bertz CT molecular complexity index is 1140. The summed E-state index contributed by atoms with van der Waals surface area (Å²) in [6.45, 7) is 1.88. The highest BCUT2D eigenvalue weighted by Crippen LogP contribution is 2.26. The summed E-state index contributed by atoms with van der Waals surface area (Å²) in [6, 6.07) is 14.6. The lowest BCUT2D eigenvalue weighted by atomic mass is 10.0. The number of hydrogen-bond acceptors (Lipinski definition) is 6. The van der Waals surface area contributed by atoms with E-state index in [1.165, 1.54) is 0 Å². The average Bonchev–Trinajstić information content (AvgIpc) is 3.02. The molecule has 0 radical (unpaired) electrons. The molecule has 0 atom stereocenters. The van der Waals surface area contributed by atoms with E-state index in [0.29, 0.717) is 27.7 Å². The van der Waals surface area contributed by atoms with Gasteiger partial charge in [0.05, 0.1) is 5.69 Å². The van der Waals surface area contributed by atoms with Crippen LogP contribution in [0.15, 0.2) is 48.5 Å². The van der Waals surface area contributed by atoms with E-state index >= 15 is 0 Å². The standard InChI is InChI=1S/C23H21N3O4S/c1-14-20(22(29)30-13-15-6-3-2-4-7-15)31-23(24-14)26-21(28)17-10-11-18-16(12-17)8-5-9-19(27)25-18/h2-4,6-7,10-12H,5,8-9,13H2,1H3,(H,25,27)(H,24,26,28). The molecular weight excluding hydrogens is 414 g/mol. The van der Waals surface area contributed by atoms with Gasteiger partial charge in [-0.25, -0.2) is 9.78 Å². The summed E-state index contributed by atoms with van der Waals surface area (Å²) in [6.07, 6.45) is 1.94. The molecule has 1 aromatic heterocycles. The molecular formula is C23H21N3O4S. The first-order valence-corrected chi connectivity index (χ1v) is 10.7. The molecule has 4 rings (SSSR count). The van der Waals surface area contributed by atoms with Crippen LogP contribution < -0.4 is 10.6 Å². The summed E-state index contributed by atoms with van der Waals surface area (Å²) < 4.78 is 5.36. The molecule has 8 heteroatoms. The molecule has 0 fully saturated rings. The van der Waals surface area contributed by atoms with Gasteiger partial charge in [-0.3, -0.25) is 14.9 Å². The fourth-order valence-electron chi connectivity index (χ4n) is 3.31. The maximum atomic E-state index is 12.7. The first-order valence-electron chi connectivity index (χ1n) is 9.92. The van der Waals surface area contributed by atoms with Crippen molar-refractivity contribution in [3.05, 3.63) is 75.8 Å². The summed E-state index contributed by atoms with van der Waals surface area (Å²) in [5.41, 5.74) is 3.54. The second-order valence-corrected chi connectivity index (χ2v) is 8.22. The molecule has 1 aliphatic rings. The van der Waals surface area contributed by atoms with E-state index < -0.39 is 5.97 Å². The van der Waals surface area contributed by atoms with Gasteiger partial charge < -0.3 is 10.1 Å². The number of esters is 1. The minimum atomic E-state index is -0.472. The van der Waals surface area contributed by atoms with E-state index in [0.717, 1.165) is 41.0 Å². The molecule has 2 N–H and O–H groups in total. The highest BCUT2D eigenvalue weighted by Gasteiger charge is 2.20. The summed E-state index contributed by atoms with van der Waals surface area (Å²) in [5.74, 6) is -0.808. The number of nitrogens with zero attached hydrogens (tertiary/aromatic N) is 1. The molecule has 2 aromatic carbocycles. The number of aromatic nitrogens is 1. The number of rotatable bonds is 5. The molecule has 0 spiro atoms. The Balaban J connectivity index is 1.43. The Morgan fingerprint density at radius 2 is 1.97 bits per heavy atom. The van der Waals surface area contributed by atoms with Crippen LogP contribution in [-0.4, -0.2) is 22.8 Å². The third-order valence-electron chi connectivity index (χ3n) is 4.91. The third kappa shape index (κ3) is 4.97. The van der Waals surface area contributed by atoms with Gasteiger partial charge >= 0.3 is 5.97 Å². The van der Waals surface area contributed by atoms with Gasteiger partial charge in [-0.2, -0.15) is 0 Å². The van der Waals surface area contributed by atoms with Crippen LogP contribution in [0.1, 0.15) is 49.7 Å². The minimum Gasteiger partial charge on any atom is -0.457 e. The lowest BCUT2D eigenvalue weighted by molar-refractivity contribution is -0.116. The number of hydrogen-bond donors (Lipinski definition) is 2. The van der Waals surface area contributed by atoms with Crippen molar-refractivity contribution in [2.75, 3.05) is 10.6 Å². The minimum absolute atomic E-state index is 0.0131. The molecule has 0 aliphatic carbocycles.